The Balaban J connectivity index is 2.00. The Kier molecular flexibility index (Phi) is 4.57. The first-order chi connectivity index (χ1) is 9.33. The molecule has 108 valence electrons. The molecule has 1 unspecified atom stereocenters. The van der Waals surface area contributed by atoms with Gasteiger partial charge < -0.3 is 9.84 Å². The quantitative estimate of drug-likeness (QED) is 0.893. The fraction of sp³-hybridized carbons (Fsp3) is 0.231. The van der Waals surface area contributed by atoms with Gasteiger partial charge >= 0.3 is 6.36 Å². The first kappa shape index (κ1) is 15.2. The Hall–Kier alpha value is -1.24. The summed E-state index contributed by atoms with van der Waals surface area (Å²) in [6.07, 6.45) is -5.14. The fourth-order valence-corrected chi connectivity index (χ4v) is 2.71. The molecule has 0 aliphatic carbocycles. The van der Waals surface area contributed by atoms with Gasteiger partial charge in [0.25, 0.3) is 0 Å². The fourth-order valence-electron chi connectivity index (χ4n) is 1.66. The van der Waals surface area contributed by atoms with Crippen LogP contribution in [0.2, 0.25) is 4.34 Å². The van der Waals surface area contributed by atoms with Crippen molar-refractivity contribution in [1.29, 1.82) is 0 Å². The summed E-state index contributed by atoms with van der Waals surface area (Å²) in [5.74, 6) is -0.282. The van der Waals surface area contributed by atoms with E-state index in [9.17, 15) is 18.3 Å². The van der Waals surface area contributed by atoms with Crippen molar-refractivity contribution in [3.8, 4) is 5.75 Å². The molecule has 2 nitrogen and oxygen atoms in total. The zero-order valence-electron chi connectivity index (χ0n) is 10.0. The van der Waals surface area contributed by atoms with E-state index in [1.54, 1.807) is 12.1 Å². The van der Waals surface area contributed by atoms with Gasteiger partial charge in [-0.25, -0.2) is 0 Å². The maximum Gasteiger partial charge on any atom is 0.573 e. The lowest BCUT2D eigenvalue weighted by Gasteiger charge is -2.11. The minimum Gasteiger partial charge on any atom is -0.406 e. The topological polar surface area (TPSA) is 29.5 Å². The summed E-state index contributed by atoms with van der Waals surface area (Å²) in [4.78, 5) is 0.714. The highest BCUT2D eigenvalue weighted by Crippen LogP contribution is 2.29. The third-order valence-corrected chi connectivity index (χ3v) is 3.84. The van der Waals surface area contributed by atoms with Gasteiger partial charge in [-0.05, 0) is 29.8 Å². The number of rotatable bonds is 4. The summed E-state index contributed by atoms with van der Waals surface area (Å²) < 4.78 is 40.4. The van der Waals surface area contributed by atoms with Gasteiger partial charge in [0.1, 0.15) is 5.75 Å². The lowest BCUT2D eigenvalue weighted by molar-refractivity contribution is -0.274. The van der Waals surface area contributed by atoms with Crippen LogP contribution in [-0.2, 0) is 6.42 Å². The van der Waals surface area contributed by atoms with Gasteiger partial charge in [-0.15, -0.1) is 24.5 Å². The monoisotopic (exact) mass is 322 g/mol. The standard InChI is InChI=1S/C13H10ClF3O2S/c14-12-6-5-11(20-12)10(18)7-8-1-3-9(4-2-8)19-13(15,16)17/h1-6,10,18H,7H2. The van der Waals surface area contributed by atoms with Gasteiger partial charge in [-0.2, -0.15) is 0 Å². The summed E-state index contributed by atoms with van der Waals surface area (Å²) in [5, 5.41) is 9.98. The van der Waals surface area contributed by atoms with Gasteiger partial charge in [-0.1, -0.05) is 23.7 Å². The van der Waals surface area contributed by atoms with Crippen molar-refractivity contribution in [1.82, 2.24) is 0 Å². The summed E-state index contributed by atoms with van der Waals surface area (Å²) in [7, 11) is 0. The van der Waals surface area contributed by atoms with E-state index in [1.165, 1.54) is 35.6 Å². The highest BCUT2D eigenvalue weighted by atomic mass is 35.5. The Labute approximate surface area is 122 Å². The van der Waals surface area contributed by atoms with Crippen molar-refractivity contribution in [2.75, 3.05) is 0 Å². The van der Waals surface area contributed by atoms with Crippen LogP contribution in [0.4, 0.5) is 13.2 Å². The van der Waals surface area contributed by atoms with Crippen molar-refractivity contribution >= 4 is 22.9 Å². The molecule has 2 rings (SSSR count). The maximum absolute atomic E-state index is 12.0. The van der Waals surface area contributed by atoms with Crippen LogP contribution in [0.3, 0.4) is 0 Å². The van der Waals surface area contributed by atoms with E-state index >= 15 is 0 Å². The van der Waals surface area contributed by atoms with Crippen LogP contribution in [0.15, 0.2) is 36.4 Å². The minimum atomic E-state index is -4.70. The average molecular weight is 323 g/mol. The number of benzene rings is 1. The summed E-state index contributed by atoms with van der Waals surface area (Å²) >= 11 is 7.04. The largest absolute Gasteiger partial charge is 0.573 e. The third-order valence-electron chi connectivity index (χ3n) is 2.51. The number of halogens is 4. The van der Waals surface area contributed by atoms with Crippen LogP contribution < -0.4 is 4.74 Å². The number of alkyl halides is 3. The van der Waals surface area contributed by atoms with Crippen molar-refractivity contribution in [2.24, 2.45) is 0 Å². The second kappa shape index (κ2) is 6.03. The van der Waals surface area contributed by atoms with E-state index in [4.69, 9.17) is 11.6 Å². The van der Waals surface area contributed by atoms with Crippen molar-refractivity contribution in [3.63, 3.8) is 0 Å². The maximum atomic E-state index is 12.0. The summed E-state index contributed by atoms with van der Waals surface area (Å²) in [6.45, 7) is 0. The molecule has 1 aromatic heterocycles. The molecule has 0 saturated carbocycles. The van der Waals surface area contributed by atoms with Crippen LogP contribution in [0, 0.1) is 0 Å². The number of hydrogen-bond acceptors (Lipinski definition) is 3. The van der Waals surface area contributed by atoms with Crippen molar-refractivity contribution in [3.05, 3.63) is 51.2 Å². The Bertz CT molecular complexity index is 566. The molecular weight excluding hydrogens is 313 g/mol. The minimum absolute atomic E-state index is 0.282. The molecule has 0 aliphatic rings. The first-order valence-electron chi connectivity index (χ1n) is 5.61. The number of aliphatic hydroxyl groups excluding tert-OH is 1. The molecule has 0 spiro atoms. The predicted octanol–water partition coefficient (Wildman–Crippen LogP) is 4.58. The Morgan fingerprint density at radius 3 is 2.30 bits per heavy atom. The molecule has 7 heteroatoms. The van der Waals surface area contributed by atoms with Crippen molar-refractivity contribution in [2.45, 2.75) is 18.9 Å². The highest BCUT2D eigenvalue weighted by molar-refractivity contribution is 7.16. The third kappa shape index (κ3) is 4.40. The number of thiophene rings is 1. The SMILES string of the molecule is OC(Cc1ccc(OC(F)(F)F)cc1)c1ccc(Cl)s1. The second-order valence-electron chi connectivity index (χ2n) is 4.05. The van der Waals surface area contributed by atoms with E-state index in [-0.39, 0.29) is 5.75 Å². The smallest absolute Gasteiger partial charge is 0.406 e. The highest BCUT2D eigenvalue weighted by Gasteiger charge is 2.30. The molecule has 0 aliphatic heterocycles. The van der Waals surface area contributed by atoms with Gasteiger partial charge in [0.05, 0.1) is 10.4 Å². The van der Waals surface area contributed by atoms with E-state index in [1.807, 2.05) is 0 Å². The Morgan fingerprint density at radius 2 is 1.80 bits per heavy atom. The van der Waals surface area contributed by atoms with Crippen LogP contribution in [0.25, 0.3) is 0 Å². The normalized spacial score (nSPS) is 13.2. The van der Waals surface area contributed by atoms with Crippen LogP contribution in [0.5, 0.6) is 5.75 Å². The number of ether oxygens (including phenoxy) is 1. The first-order valence-corrected chi connectivity index (χ1v) is 6.81. The molecule has 1 heterocycles. The van der Waals surface area contributed by atoms with Crippen LogP contribution in [-0.4, -0.2) is 11.5 Å². The predicted molar refractivity (Wildman–Crippen MR) is 71.1 cm³/mol. The molecular formula is C13H10ClF3O2S. The zero-order chi connectivity index (χ0) is 14.8. The number of hydrogen-bond donors (Lipinski definition) is 1. The molecule has 1 N–H and O–H groups in total. The van der Waals surface area contributed by atoms with E-state index in [2.05, 4.69) is 4.74 Å². The second-order valence-corrected chi connectivity index (χ2v) is 5.80. The zero-order valence-corrected chi connectivity index (χ0v) is 11.6. The van der Waals surface area contributed by atoms with Gasteiger partial charge in [-0.3, -0.25) is 0 Å². The molecule has 1 aromatic carbocycles. The molecule has 20 heavy (non-hydrogen) atoms. The van der Waals surface area contributed by atoms with Gasteiger partial charge in [0.15, 0.2) is 0 Å². The lowest BCUT2D eigenvalue weighted by Crippen LogP contribution is -2.17. The number of aliphatic hydroxyl groups is 1. The molecule has 2 aromatic rings. The van der Waals surface area contributed by atoms with Gasteiger partial charge in [0.2, 0.25) is 0 Å². The van der Waals surface area contributed by atoms with Crippen LogP contribution in [0.1, 0.15) is 16.5 Å². The summed E-state index contributed by atoms with van der Waals surface area (Å²) in [6, 6.07) is 8.82. The molecule has 0 saturated heterocycles. The molecule has 0 radical (unpaired) electrons. The van der Waals surface area contributed by atoms with Gasteiger partial charge in [0, 0.05) is 11.3 Å². The lowest BCUT2D eigenvalue weighted by atomic mass is 10.1. The molecule has 0 amide bonds. The van der Waals surface area contributed by atoms with Crippen LogP contribution >= 0.6 is 22.9 Å². The molecule has 0 fully saturated rings. The van der Waals surface area contributed by atoms with E-state index in [0.717, 1.165) is 0 Å². The molecule has 0 bridgehead atoms. The summed E-state index contributed by atoms with van der Waals surface area (Å²) in [5.41, 5.74) is 0.705. The Morgan fingerprint density at radius 1 is 1.15 bits per heavy atom. The molecule has 1 atom stereocenters. The van der Waals surface area contributed by atoms with Crippen molar-refractivity contribution < 1.29 is 23.0 Å². The van der Waals surface area contributed by atoms with E-state index in [0.29, 0.717) is 21.2 Å². The average Bonchev–Trinajstić information content (AvgIpc) is 2.77. The van der Waals surface area contributed by atoms with E-state index < -0.39 is 12.5 Å².